The summed E-state index contributed by atoms with van der Waals surface area (Å²) in [7, 11) is -3.09. The van der Waals surface area contributed by atoms with Crippen molar-refractivity contribution in [2.75, 3.05) is 0 Å². The maximum Gasteiger partial charge on any atom is 0.181 e. The van der Waals surface area contributed by atoms with E-state index < -0.39 is 9.84 Å². The first-order valence-electron chi connectivity index (χ1n) is 6.38. The van der Waals surface area contributed by atoms with Gasteiger partial charge in [-0.2, -0.15) is 0 Å². The normalized spacial score (nSPS) is 31.9. The predicted molar refractivity (Wildman–Crippen MR) is 67.6 cm³/mol. The molecule has 0 radical (unpaired) electrons. The molecule has 3 heteroatoms. The zero-order chi connectivity index (χ0) is 12.0. The third-order valence-electron chi connectivity index (χ3n) is 4.42. The SMILES string of the molecule is Cc1ccc(S(=O)(=O)C2CC3CCC2C3)cc1. The van der Waals surface area contributed by atoms with E-state index in [0.717, 1.165) is 24.8 Å². The molecule has 0 N–H and O–H groups in total. The first-order chi connectivity index (χ1) is 8.07. The van der Waals surface area contributed by atoms with E-state index in [4.69, 9.17) is 0 Å². The van der Waals surface area contributed by atoms with Crippen LogP contribution in [0.2, 0.25) is 0 Å². The van der Waals surface area contributed by atoms with Crippen molar-refractivity contribution in [3.63, 3.8) is 0 Å². The van der Waals surface area contributed by atoms with Gasteiger partial charge in [0.2, 0.25) is 0 Å². The lowest BCUT2D eigenvalue weighted by atomic mass is 10.0. The topological polar surface area (TPSA) is 34.1 Å². The monoisotopic (exact) mass is 250 g/mol. The molecule has 0 aliphatic heterocycles. The number of benzene rings is 1. The maximum absolute atomic E-state index is 12.5. The Balaban J connectivity index is 1.93. The lowest BCUT2D eigenvalue weighted by Gasteiger charge is -2.21. The summed E-state index contributed by atoms with van der Waals surface area (Å²) in [4.78, 5) is 0.514. The van der Waals surface area contributed by atoms with Crippen molar-refractivity contribution < 1.29 is 8.42 Å². The molecule has 2 nitrogen and oxygen atoms in total. The Hall–Kier alpha value is -0.830. The minimum absolute atomic E-state index is 0.107. The number of fused-ring (bicyclic) bond motifs is 2. The number of hydrogen-bond acceptors (Lipinski definition) is 2. The largest absolute Gasteiger partial charge is 0.223 e. The van der Waals surface area contributed by atoms with Crippen LogP contribution >= 0.6 is 0 Å². The molecule has 0 spiro atoms. The van der Waals surface area contributed by atoms with E-state index in [1.54, 1.807) is 12.1 Å². The average Bonchev–Trinajstić information content (AvgIpc) is 2.91. The van der Waals surface area contributed by atoms with Gasteiger partial charge in [0, 0.05) is 0 Å². The van der Waals surface area contributed by atoms with Crippen molar-refractivity contribution in [3.05, 3.63) is 29.8 Å². The van der Waals surface area contributed by atoms with E-state index >= 15 is 0 Å². The molecule has 0 saturated heterocycles. The molecule has 2 fully saturated rings. The highest BCUT2D eigenvalue weighted by Gasteiger charge is 2.46. The number of sulfone groups is 1. The highest BCUT2D eigenvalue weighted by Crippen LogP contribution is 2.48. The minimum atomic E-state index is -3.09. The summed E-state index contributed by atoms with van der Waals surface area (Å²) in [6, 6.07) is 7.30. The van der Waals surface area contributed by atoms with E-state index in [-0.39, 0.29) is 5.25 Å². The first kappa shape index (κ1) is 11.3. The van der Waals surface area contributed by atoms with E-state index in [2.05, 4.69) is 0 Å². The quantitative estimate of drug-likeness (QED) is 0.808. The number of hydrogen-bond donors (Lipinski definition) is 0. The smallest absolute Gasteiger partial charge is 0.181 e. The van der Waals surface area contributed by atoms with Gasteiger partial charge >= 0.3 is 0 Å². The van der Waals surface area contributed by atoms with Crippen LogP contribution in [0.4, 0.5) is 0 Å². The van der Waals surface area contributed by atoms with Crippen molar-refractivity contribution in [2.45, 2.75) is 42.8 Å². The van der Waals surface area contributed by atoms with Gasteiger partial charge in [-0.05, 0) is 50.2 Å². The molecule has 17 heavy (non-hydrogen) atoms. The average molecular weight is 250 g/mol. The van der Waals surface area contributed by atoms with Crippen LogP contribution in [0.25, 0.3) is 0 Å². The molecule has 1 aromatic rings. The Kier molecular flexibility index (Phi) is 2.54. The Labute approximate surface area is 103 Å². The molecule has 1 aromatic carbocycles. The Bertz CT molecular complexity index is 516. The third-order valence-corrected chi connectivity index (χ3v) is 6.73. The van der Waals surface area contributed by atoms with E-state index in [1.165, 1.54) is 6.42 Å². The predicted octanol–water partition coefficient (Wildman–Crippen LogP) is 2.96. The fourth-order valence-corrected chi connectivity index (χ4v) is 5.61. The lowest BCUT2D eigenvalue weighted by Crippen LogP contribution is -2.27. The van der Waals surface area contributed by atoms with Crippen LogP contribution in [0.5, 0.6) is 0 Å². The summed E-state index contributed by atoms with van der Waals surface area (Å²) in [6.45, 7) is 1.98. The second-order valence-electron chi connectivity index (χ2n) is 5.57. The zero-order valence-electron chi connectivity index (χ0n) is 10.1. The highest BCUT2D eigenvalue weighted by atomic mass is 32.2. The van der Waals surface area contributed by atoms with Gasteiger partial charge in [-0.15, -0.1) is 0 Å². The van der Waals surface area contributed by atoms with Gasteiger partial charge in [0.25, 0.3) is 0 Å². The second kappa shape index (κ2) is 3.84. The van der Waals surface area contributed by atoms with Crippen LogP contribution in [-0.2, 0) is 9.84 Å². The van der Waals surface area contributed by atoms with Crippen LogP contribution in [0.1, 0.15) is 31.2 Å². The Morgan fingerprint density at radius 1 is 1.06 bits per heavy atom. The molecule has 0 amide bonds. The van der Waals surface area contributed by atoms with E-state index in [0.29, 0.717) is 16.7 Å². The zero-order valence-corrected chi connectivity index (χ0v) is 10.9. The van der Waals surface area contributed by atoms with Crippen molar-refractivity contribution in [1.29, 1.82) is 0 Å². The van der Waals surface area contributed by atoms with Crippen molar-refractivity contribution in [3.8, 4) is 0 Å². The first-order valence-corrected chi connectivity index (χ1v) is 7.92. The molecular formula is C14H18O2S. The molecule has 2 saturated carbocycles. The van der Waals surface area contributed by atoms with Gasteiger partial charge in [-0.1, -0.05) is 24.1 Å². The summed E-state index contributed by atoms with van der Waals surface area (Å²) in [6.07, 6.45) is 4.38. The Morgan fingerprint density at radius 3 is 2.29 bits per heavy atom. The molecule has 2 aliphatic carbocycles. The molecule has 3 unspecified atom stereocenters. The molecule has 0 aromatic heterocycles. The van der Waals surface area contributed by atoms with Crippen LogP contribution in [-0.4, -0.2) is 13.7 Å². The number of rotatable bonds is 2. The maximum atomic E-state index is 12.5. The number of aryl methyl sites for hydroxylation is 1. The van der Waals surface area contributed by atoms with Crippen LogP contribution in [0.3, 0.4) is 0 Å². The molecule has 2 bridgehead atoms. The van der Waals surface area contributed by atoms with E-state index in [1.807, 2.05) is 19.1 Å². The second-order valence-corrected chi connectivity index (χ2v) is 7.74. The van der Waals surface area contributed by atoms with Crippen LogP contribution in [0.15, 0.2) is 29.2 Å². The summed E-state index contributed by atoms with van der Waals surface area (Å²) in [5, 5.41) is -0.107. The van der Waals surface area contributed by atoms with Gasteiger partial charge in [-0.25, -0.2) is 8.42 Å². The fraction of sp³-hybridized carbons (Fsp3) is 0.571. The van der Waals surface area contributed by atoms with Crippen molar-refractivity contribution in [2.24, 2.45) is 11.8 Å². The summed E-state index contributed by atoms with van der Waals surface area (Å²) >= 11 is 0. The lowest BCUT2D eigenvalue weighted by molar-refractivity contribution is 0.465. The molecule has 92 valence electrons. The standard InChI is InChI=1S/C14H18O2S/c1-10-2-6-13(7-3-10)17(15,16)14-9-11-4-5-12(14)8-11/h2-3,6-7,11-12,14H,4-5,8-9H2,1H3. The molecule has 2 aliphatic rings. The van der Waals surface area contributed by atoms with Gasteiger partial charge in [-0.3, -0.25) is 0 Å². The fourth-order valence-electron chi connectivity index (χ4n) is 3.47. The van der Waals surface area contributed by atoms with Gasteiger partial charge in [0.1, 0.15) is 0 Å². The molecule has 3 rings (SSSR count). The summed E-state index contributed by atoms with van der Waals surface area (Å²) < 4.78 is 25.1. The molecule has 0 heterocycles. The summed E-state index contributed by atoms with van der Waals surface area (Å²) in [5.41, 5.74) is 1.11. The van der Waals surface area contributed by atoms with Gasteiger partial charge in [0.15, 0.2) is 9.84 Å². The Morgan fingerprint density at radius 2 is 1.76 bits per heavy atom. The molecular weight excluding hydrogens is 232 g/mol. The minimum Gasteiger partial charge on any atom is -0.223 e. The van der Waals surface area contributed by atoms with Crippen molar-refractivity contribution in [1.82, 2.24) is 0 Å². The summed E-state index contributed by atoms with van der Waals surface area (Å²) in [5.74, 6) is 1.09. The third kappa shape index (κ3) is 1.81. The van der Waals surface area contributed by atoms with Gasteiger partial charge in [0.05, 0.1) is 10.1 Å². The van der Waals surface area contributed by atoms with Crippen LogP contribution < -0.4 is 0 Å². The van der Waals surface area contributed by atoms with Crippen LogP contribution in [0, 0.1) is 18.8 Å². The van der Waals surface area contributed by atoms with Gasteiger partial charge < -0.3 is 0 Å². The highest BCUT2D eigenvalue weighted by molar-refractivity contribution is 7.92. The van der Waals surface area contributed by atoms with Crippen molar-refractivity contribution >= 4 is 9.84 Å². The molecule has 3 atom stereocenters. The van der Waals surface area contributed by atoms with E-state index in [9.17, 15) is 8.42 Å².